The first kappa shape index (κ1) is 19.9. The summed E-state index contributed by atoms with van der Waals surface area (Å²) in [5.74, 6) is 0.215. The average molecular weight is 377 g/mol. The van der Waals surface area contributed by atoms with Gasteiger partial charge >= 0.3 is 6.09 Å². The lowest BCUT2D eigenvalue weighted by Gasteiger charge is -2.26. The lowest BCUT2D eigenvalue weighted by Crippen LogP contribution is -2.37. The molecule has 0 unspecified atom stereocenters. The third kappa shape index (κ3) is 4.89. The minimum absolute atomic E-state index is 0.0211. The average Bonchev–Trinajstić information content (AvgIpc) is 3.21. The quantitative estimate of drug-likeness (QED) is 0.615. The van der Waals surface area contributed by atoms with Gasteiger partial charge in [-0.05, 0) is 42.4 Å². The first-order valence-corrected chi connectivity index (χ1v) is 9.86. The summed E-state index contributed by atoms with van der Waals surface area (Å²) in [4.78, 5) is 25.6. The maximum absolute atomic E-state index is 12.3. The van der Waals surface area contributed by atoms with E-state index in [1.165, 1.54) is 4.90 Å². The number of Topliss-reactive ketones (excluding diaryl/α,β-unsaturated/α-hetero) is 1. The van der Waals surface area contributed by atoms with Crippen molar-refractivity contribution in [1.29, 1.82) is 0 Å². The minimum Gasteiger partial charge on any atom is -0.465 e. The van der Waals surface area contributed by atoms with Crippen molar-refractivity contribution in [3.05, 3.63) is 72.8 Å². The van der Waals surface area contributed by atoms with Crippen LogP contribution >= 0.6 is 0 Å². The zero-order valence-electron chi connectivity index (χ0n) is 16.1. The van der Waals surface area contributed by atoms with Gasteiger partial charge in [0.15, 0.2) is 0 Å². The molecule has 0 spiro atoms. The number of allylic oxidation sites excluding steroid dienone is 1. The summed E-state index contributed by atoms with van der Waals surface area (Å²) in [5, 5.41) is 9.72. The summed E-state index contributed by atoms with van der Waals surface area (Å²) < 4.78 is 0. The number of carbonyl (C=O) groups excluding carboxylic acids is 1. The van der Waals surface area contributed by atoms with Gasteiger partial charge in [-0.15, -0.1) is 6.58 Å². The first-order chi connectivity index (χ1) is 13.6. The number of amides is 1. The van der Waals surface area contributed by atoms with Crippen LogP contribution in [0.15, 0.2) is 67.3 Å². The Bertz CT molecular complexity index is 814. The van der Waals surface area contributed by atoms with Gasteiger partial charge in [-0.25, -0.2) is 4.79 Å². The fourth-order valence-electron chi connectivity index (χ4n) is 3.96. The van der Waals surface area contributed by atoms with Crippen molar-refractivity contribution in [3.63, 3.8) is 0 Å². The number of nitrogens with zero attached hydrogens (tertiary/aromatic N) is 1. The Morgan fingerprint density at radius 2 is 1.71 bits per heavy atom. The molecular formula is C24H27NO3. The van der Waals surface area contributed by atoms with E-state index in [1.807, 2.05) is 42.5 Å². The molecule has 146 valence electrons. The first-order valence-electron chi connectivity index (χ1n) is 9.86. The van der Waals surface area contributed by atoms with Crippen molar-refractivity contribution in [2.45, 2.75) is 44.7 Å². The van der Waals surface area contributed by atoms with Crippen LogP contribution in [0.25, 0.3) is 11.1 Å². The molecule has 4 heteroatoms. The van der Waals surface area contributed by atoms with Crippen LogP contribution in [0.2, 0.25) is 0 Å². The molecule has 0 aromatic heterocycles. The fraction of sp³-hybridized carbons (Fsp3) is 0.333. The van der Waals surface area contributed by atoms with E-state index < -0.39 is 6.09 Å². The second-order valence-electron chi connectivity index (χ2n) is 7.43. The molecule has 0 heterocycles. The zero-order valence-corrected chi connectivity index (χ0v) is 16.1. The molecule has 2 atom stereocenters. The van der Waals surface area contributed by atoms with Gasteiger partial charge in [0.05, 0.1) is 0 Å². The Hall–Kier alpha value is -2.88. The molecule has 2 aromatic rings. The Morgan fingerprint density at radius 1 is 1.04 bits per heavy atom. The predicted octanol–water partition coefficient (Wildman–Crippen LogP) is 5.54. The predicted molar refractivity (Wildman–Crippen MR) is 111 cm³/mol. The Morgan fingerprint density at radius 3 is 2.36 bits per heavy atom. The van der Waals surface area contributed by atoms with Crippen LogP contribution in [0.4, 0.5) is 4.79 Å². The highest BCUT2D eigenvalue weighted by molar-refractivity contribution is 5.81. The minimum atomic E-state index is -0.920. The number of ketones is 1. The maximum atomic E-state index is 12.3. The SMILES string of the molecule is C=CCCC(=O)[C@@H]1CC[C@H](N(Cc2ccc(-c3ccccc3)cc2)C(=O)O)C1. The van der Waals surface area contributed by atoms with Crippen LogP contribution in [-0.2, 0) is 11.3 Å². The number of rotatable bonds is 8. The van der Waals surface area contributed by atoms with Crippen molar-refractivity contribution < 1.29 is 14.7 Å². The van der Waals surface area contributed by atoms with E-state index in [2.05, 4.69) is 18.7 Å². The van der Waals surface area contributed by atoms with Gasteiger partial charge in [0.1, 0.15) is 5.78 Å². The van der Waals surface area contributed by atoms with Crippen LogP contribution in [0.3, 0.4) is 0 Å². The van der Waals surface area contributed by atoms with Crippen molar-refractivity contribution >= 4 is 11.9 Å². The Balaban J connectivity index is 1.64. The van der Waals surface area contributed by atoms with Crippen molar-refractivity contribution in [2.75, 3.05) is 0 Å². The normalized spacial score (nSPS) is 18.6. The molecule has 2 aromatic carbocycles. The van der Waals surface area contributed by atoms with E-state index in [4.69, 9.17) is 0 Å². The van der Waals surface area contributed by atoms with Crippen LogP contribution in [-0.4, -0.2) is 27.9 Å². The second-order valence-corrected chi connectivity index (χ2v) is 7.43. The van der Waals surface area contributed by atoms with Crippen molar-refractivity contribution in [1.82, 2.24) is 4.90 Å². The molecule has 1 aliphatic carbocycles. The number of benzene rings is 2. The number of carboxylic acid groups (broad SMARTS) is 1. The molecule has 1 aliphatic rings. The highest BCUT2D eigenvalue weighted by Crippen LogP contribution is 2.32. The number of hydrogen-bond donors (Lipinski definition) is 1. The van der Waals surface area contributed by atoms with Crippen LogP contribution in [0.5, 0.6) is 0 Å². The molecule has 0 saturated heterocycles. The van der Waals surface area contributed by atoms with Gasteiger partial charge in [0.2, 0.25) is 0 Å². The Kier molecular flexibility index (Phi) is 6.64. The van der Waals surface area contributed by atoms with Gasteiger partial charge in [-0.2, -0.15) is 0 Å². The topological polar surface area (TPSA) is 57.6 Å². The molecule has 1 saturated carbocycles. The van der Waals surface area contributed by atoms with Gasteiger partial charge in [-0.1, -0.05) is 60.7 Å². The standard InChI is InChI=1S/C24H27NO3/c1-2-3-9-23(26)21-14-15-22(16-21)25(24(27)28)17-18-10-12-20(13-11-18)19-7-5-4-6-8-19/h2,4-8,10-13,21-22H,1,3,9,14-17H2,(H,27,28)/t21-,22+/m1/s1. The zero-order chi connectivity index (χ0) is 19.9. The third-order valence-electron chi connectivity index (χ3n) is 5.56. The van der Waals surface area contributed by atoms with E-state index in [0.717, 1.165) is 29.5 Å². The molecule has 0 aliphatic heterocycles. The molecule has 0 radical (unpaired) electrons. The van der Waals surface area contributed by atoms with Gasteiger partial charge in [0, 0.05) is 24.9 Å². The molecule has 4 nitrogen and oxygen atoms in total. The van der Waals surface area contributed by atoms with E-state index in [-0.39, 0.29) is 17.7 Å². The van der Waals surface area contributed by atoms with Crippen molar-refractivity contribution in [3.8, 4) is 11.1 Å². The highest BCUT2D eigenvalue weighted by atomic mass is 16.4. The lowest BCUT2D eigenvalue weighted by molar-refractivity contribution is -0.122. The molecule has 1 N–H and O–H groups in total. The maximum Gasteiger partial charge on any atom is 0.407 e. The van der Waals surface area contributed by atoms with Crippen molar-refractivity contribution in [2.24, 2.45) is 5.92 Å². The largest absolute Gasteiger partial charge is 0.465 e. The summed E-state index contributed by atoms with van der Waals surface area (Å²) >= 11 is 0. The highest BCUT2D eigenvalue weighted by Gasteiger charge is 2.34. The van der Waals surface area contributed by atoms with E-state index in [0.29, 0.717) is 25.8 Å². The molecule has 1 fully saturated rings. The smallest absolute Gasteiger partial charge is 0.407 e. The summed E-state index contributed by atoms with van der Waals surface area (Å²) in [7, 11) is 0. The third-order valence-corrected chi connectivity index (χ3v) is 5.56. The van der Waals surface area contributed by atoms with Gasteiger partial charge < -0.3 is 10.0 Å². The molecule has 28 heavy (non-hydrogen) atoms. The van der Waals surface area contributed by atoms with Gasteiger partial charge in [-0.3, -0.25) is 4.79 Å². The Labute approximate surface area is 166 Å². The van der Waals surface area contributed by atoms with Crippen LogP contribution in [0.1, 0.15) is 37.7 Å². The molecule has 0 bridgehead atoms. The van der Waals surface area contributed by atoms with Crippen LogP contribution < -0.4 is 0 Å². The fourth-order valence-corrected chi connectivity index (χ4v) is 3.96. The van der Waals surface area contributed by atoms with E-state index in [1.54, 1.807) is 6.08 Å². The van der Waals surface area contributed by atoms with E-state index >= 15 is 0 Å². The van der Waals surface area contributed by atoms with E-state index in [9.17, 15) is 14.7 Å². The van der Waals surface area contributed by atoms with Gasteiger partial charge in [0.25, 0.3) is 0 Å². The summed E-state index contributed by atoms with van der Waals surface area (Å²) in [6.07, 6.45) is 4.19. The molecular weight excluding hydrogens is 350 g/mol. The summed E-state index contributed by atoms with van der Waals surface area (Å²) in [6.45, 7) is 4.01. The summed E-state index contributed by atoms with van der Waals surface area (Å²) in [6, 6.07) is 18.0. The summed E-state index contributed by atoms with van der Waals surface area (Å²) in [5.41, 5.74) is 3.21. The molecule has 1 amide bonds. The second kappa shape index (κ2) is 9.36. The monoisotopic (exact) mass is 377 g/mol. The molecule has 3 rings (SSSR count). The number of hydrogen-bond acceptors (Lipinski definition) is 2. The van der Waals surface area contributed by atoms with Crippen LogP contribution in [0, 0.1) is 5.92 Å². The lowest BCUT2D eigenvalue weighted by atomic mass is 9.98. The number of carbonyl (C=O) groups is 2.